The van der Waals surface area contributed by atoms with Crippen molar-refractivity contribution in [3.05, 3.63) is 29.8 Å². The van der Waals surface area contributed by atoms with Crippen molar-refractivity contribution in [3.8, 4) is 0 Å². The second-order valence-corrected chi connectivity index (χ2v) is 5.16. The lowest BCUT2D eigenvalue weighted by atomic mass is 10.1. The molecule has 0 aliphatic carbocycles. The van der Waals surface area contributed by atoms with E-state index < -0.39 is 0 Å². The first-order chi connectivity index (χ1) is 8.20. The molecule has 1 heterocycles. The molecule has 94 valence electrons. The van der Waals surface area contributed by atoms with E-state index in [-0.39, 0.29) is 0 Å². The van der Waals surface area contributed by atoms with E-state index >= 15 is 0 Å². The molecule has 1 aliphatic rings. The molecule has 0 amide bonds. The van der Waals surface area contributed by atoms with Crippen LogP contribution in [0.4, 0.5) is 5.69 Å². The molecule has 0 saturated carbocycles. The Kier molecular flexibility index (Phi) is 4.06. The fraction of sp³-hybridized carbons (Fsp3) is 0.600. The SMILES string of the molecule is CCc1ccc(N2CCC(C)NCC2C)cc1. The van der Waals surface area contributed by atoms with Gasteiger partial charge in [0, 0.05) is 30.9 Å². The van der Waals surface area contributed by atoms with Crippen molar-refractivity contribution in [1.82, 2.24) is 5.32 Å². The van der Waals surface area contributed by atoms with Crippen LogP contribution in [0.25, 0.3) is 0 Å². The molecular weight excluding hydrogens is 208 g/mol. The summed E-state index contributed by atoms with van der Waals surface area (Å²) in [7, 11) is 0. The first-order valence-corrected chi connectivity index (χ1v) is 6.79. The Bertz CT molecular complexity index is 344. The van der Waals surface area contributed by atoms with Crippen molar-refractivity contribution < 1.29 is 0 Å². The van der Waals surface area contributed by atoms with Gasteiger partial charge in [-0.25, -0.2) is 0 Å². The predicted octanol–water partition coefficient (Wildman–Crippen LogP) is 2.83. The van der Waals surface area contributed by atoms with Gasteiger partial charge in [0.15, 0.2) is 0 Å². The monoisotopic (exact) mass is 232 g/mol. The Morgan fingerprint density at radius 2 is 1.94 bits per heavy atom. The molecule has 1 aliphatic heterocycles. The topological polar surface area (TPSA) is 15.3 Å². The van der Waals surface area contributed by atoms with Crippen LogP contribution >= 0.6 is 0 Å². The third-order valence-electron chi connectivity index (χ3n) is 3.77. The Morgan fingerprint density at radius 3 is 2.59 bits per heavy atom. The molecule has 0 aromatic heterocycles. The van der Waals surface area contributed by atoms with Crippen molar-refractivity contribution in [1.29, 1.82) is 0 Å². The minimum atomic E-state index is 0.576. The van der Waals surface area contributed by atoms with Crippen molar-refractivity contribution in [3.63, 3.8) is 0 Å². The van der Waals surface area contributed by atoms with Gasteiger partial charge < -0.3 is 10.2 Å². The lowest BCUT2D eigenvalue weighted by Gasteiger charge is -2.29. The standard InChI is InChI=1S/C15H24N2/c1-4-14-5-7-15(8-6-14)17-10-9-12(2)16-11-13(17)3/h5-8,12-13,16H,4,9-11H2,1-3H3. The normalized spacial score (nSPS) is 25.7. The summed E-state index contributed by atoms with van der Waals surface area (Å²) in [6, 6.07) is 10.3. The molecule has 2 nitrogen and oxygen atoms in total. The van der Waals surface area contributed by atoms with Crippen LogP contribution < -0.4 is 10.2 Å². The van der Waals surface area contributed by atoms with Gasteiger partial charge in [0.05, 0.1) is 0 Å². The summed E-state index contributed by atoms with van der Waals surface area (Å²) in [6.07, 6.45) is 2.34. The van der Waals surface area contributed by atoms with Gasteiger partial charge in [-0.15, -0.1) is 0 Å². The van der Waals surface area contributed by atoms with Crippen LogP contribution in [0.3, 0.4) is 0 Å². The molecular formula is C15H24N2. The Hall–Kier alpha value is -1.02. The highest BCUT2D eigenvalue weighted by Crippen LogP contribution is 2.20. The Labute approximate surface area is 105 Å². The summed E-state index contributed by atoms with van der Waals surface area (Å²) < 4.78 is 0. The van der Waals surface area contributed by atoms with Gasteiger partial charge in [0.1, 0.15) is 0 Å². The minimum absolute atomic E-state index is 0.576. The quantitative estimate of drug-likeness (QED) is 0.843. The zero-order valence-electron chi connectivity index (χ0n) is 11.2. The van der Waals surface area contributed by atoms with E-state index in [0.717, 1.165) is 19.5 Å². The van der Waals surface area contributed by atoms with Crippen LogP contribution in [0.15, 0.2) is 24.3 Å². The lowest BCUT2D eigenvalue weighted by Crippen LogP contribution is -2.37. The first-order valence-electron chi connectivity index (χ1n) is 6.79. The van der Waals surface area contributed by atoms with E-state index in [9.17, 15) is 0 Å². The second kappa shape index (κ2) is 5.54. The van der Waals surface area contributed by atoms with E-state index in [1.54, 1.807) is 0 Å². The fourth-order valence-electron chi connectivity index (χ4n) is 2.44. The van der Waals surface area contributed by atoms with Gasteiger partial charge >= 0.3 is 0 Å². The number of rotatable bonds is 2. The van der Waals surface area contributed by atoms with Crippen LogP contribution in [0.2, 0.25) is 0 Å². The molecule has 1 aromatic carbocycles. The van der Waals surface area contributed by atoms with Gasteiger partial charge in [0.25, 0.3) is 0 Å². The molecule has 0 radical (unpaired) electrons. The number of benzene rings is 1. The zero-order chi connectivity index (χ0) is 12.3. The molecule has 2 atom stereocenters. The number of nitrogens with one attached hydrogen (secondary N) is 1. The van der Waals surface area contributed by atoms with Gasteiger partial charge in [-0.1, -0.05) is 19.1 Å². The van der Waals surface area contributed by atoms with Crippen molar-refractivity contribution in [2.75, 3.05) is 18.0 Å². The molecule has 2 rings (SSSR count). The molecule has 1 saturated heterocycles. The summed E-state index contributed by atoms with van der Waals surface area (Å²) in [5, 5.41) is 3.57. The zero-order valence-corrected chi connectivity index (χ0v) is 11.2. The van der Waals surface area contributed by atoms with Crippen molar-refractivity contribution in [2.24, 2.45) is 0 Å². The molecule has 1 fully saturated rings. The highest BCUT2D eigenvalue weighted by molar-refractivity contribution is 5.48. The number of hydrogen-bond acceptors (Lipinski definition) is 2. The molecule has 17 heavy (non-hydrogen) atoms. The van der Waals surface area contributed by atoms with Gasteiger partial charge in [-0.05, 0) is 44.4 Å². The van der Waals surface area contributed by atoms with Crippen LogP contribution in [-0.2, 0) is 6.42 Å². The van der Waals surface area contributed by atoms with Gasteiger partial charge in [-0.2, -0.15) is 0 Å². The average Bonchev–Trinajstić information content (AvgIpc) is 2.52. The highest BCUT2D eigenvalue weighted by atomic mass is 15.2. The second-order valence-electron chi connectivity index (χ2n) is 5.16. The third-order valence-corrected chi connectivity index (χ3v) is 3.77. The van der Waals surface area contributed by atoms with E-state index in [0.29, 0.717) is 12.1 Å². The molecule has 0 spiro atoms. The van der Waals surface area contributed by atoms with E-state index in [1.807, 2.05) is 0 Å². The molecule has 1 N–H and O–H groups in total. The number of hydrogen-bond donors (Lipinski definition) is 1. The summed E-state index contributed by atoms with van der Waals surface area (Å²) in [4.78, 5) is 2.52. The van der Waals surface area contributed by atoms with Crippen LogP contribution in [0, 0.1) is 0 Å². The third kappa shape index (κ3) is 3.01. The van der Waals surface area contributed by atoms with Gasteiger partial charge in [-0.3, -0.25) is 0 Å². The summed E-state index contributed by atoms with van der Waals surface area (Å²) in [5.41, 5.74) is 2.79. The fourth-order valence-corrected chi connectivity index (χ4v) is 2.44. The molecule has 0 bridgehead atoms. The van der Waals surface area contributed by atoms with Crippen molar-refractivity contribution in [2.45, 2.75) is 45.7 Å². The summed E-state index contributed by atoms with van der Waals surface area (Å²) >= 11 is 0. The molecule has 2 heteroatoms. The van der Waals surface area contributed by atoms with Crippen molar-refractivity contribution >= 4 is 5.69 Å². The Morgan fingerprint density at radius 1 is 1.24 bits per heavy atom. The Balaban J connectivity index is 2.13. The predicted molar refractivity (Wildman–Crippen MR) is 74.7 cm³/mol. The summed E-state index contributed by atoms with van der Waals surface area (Å²) in [6.45, 7) is 9.02. The average molecular weight is 232 g/mol. The lowest BCUT2D eigenvalue weighted by molar-refractivity contribution is 0.548. The first kappa shape index (κ1) is 12.4. The molecule has 1 aromatic rings. The van der Waals surface area contributed by atoms with Crippen LogP contribution in [0.5, 0.6) is 0 Å². The van der Waals surface area contributed by atoms with E-state index in [1.165, 1.54) is 17.7 Å². The number of anilines is 1. The van der Waals surface area contributed by atoms with Crippen LogP contribution in [-0.4, -0.2) is 25.2 Å². The van der Waals surface area contributed by atoms with Gasteiger partial charge in [0.2, 0.25) is 0 Å². The number of nitrogens with zero attached hydrogens (tertiary/aromatic N) is 1. The van der Waals surface area contributed by atoms with Crippen LogP contribution in [0.1, 0.15) is 32.8 Å². The highest BCUT2D eigenvalue weighted by Gasteiger charge is 2.19. The maximum absolute atomic E-state index is 3.57. The largest absolute Gasteiger partial charge is 0.367 e. The maximum Gasteiger partial charge on any atom is 0.0386 e. The smallest absolute Gasteiger partial charge is 0.0386 e. The van der Waals surface area contributed by atoms with E-state index in [4.69, 9.17) is 0 Å². The number of aryl methyl sites for hydroxylation is 1. The maximum atomic E-state index is 3.57. The molecule has 2 unspecified atom stereocenters. The van der Waals surface area contributed by atoms with E-state index in [2.05, 4.69) is 55.3 Å². The minimum Gasteiger partial charge on any atom is -0.367 e. The summed E-state index contributed by atoms with van der Waals surface area (Å²) in [5.74, 6) is 0.